The average molecular weight is 362 g/mol. The molecule has 1 aromatic carbocycles. The first-order valence-corrected chi connectivity index (χ1v) is 9.78. The number of hydrogen-bond acceptors (Lipinski definition) is 5. The predicted molar refractivity (Wildman–Crippen MR) is 108 cm³/mol. The van der Waals surface area contributed by atoms with Crippen LogP contribution >= 0.6 is 0 Å². The summed E-state index contributed by atoms with van der Waals surface area (Å²) in [6, 6.07) is 6.83. The van der Waals surface area contributed by atoms with Gasteiger partial charge in [0.2, 0.25) is 0 Å². The minimum atomic E-state index is -0.318. The molecule has 3 rings (SSSR count). The fourth-order valence-corrected chi connectivity index (χ4v) is 3.40. The molecule has 2 fully saturated rings. The summed E-state index contributed by atoms with van der Waals surface area (Å²) in [6.07, 6.45) is 2.70. The van der Waals surface area contributed by atoms with Crippen LogP contribution in [0.1, 0.15) is 44.7 Å². The number of anilines is 1. The Morgan fingerprint density at radius 1 is 1.12 bits per heavy atom. The van der Waals surface area contributed by atoms with Gasteiger partial charge in [-0.2, -0.15) is 0 Å². The van der Waals surface area contributed by atoms with Crippen LogP contribution in [0.15, 0.2) is 18.2 Å². The first kappa shape index (κ1) is 20.7. The highest BCUT2D eigenvalue weighted by Gasteiger charge is 2.17. The zero-order valence-corrected chi connectivity index (χ0v) is 16.9. The van der Waals surface area contributed by atoms with Gasteiger partial charge in [0.1, 0.15) is 5.60 Å². The average Bonchev–Trinajstić information content (AvgIpc) is 3.11. The summed E-state index contributed by atoms with van der Waals surface area (Å²) in [7, 11) is 0. The van der Waals surface area contributed by atoms with E-state index in [9.17, 15) is 4.79 Å². The monoisotopic (exact) mass is 361 g/mol. The van der Waals surface area contributed by atoms with Crippen LogP contribution in [-0.4, -0.2) is 56.2 Å². The van der Waals surface area contributed by atoms with E-state index in [0.717, 1.165) is 19.6 Å². The van der Waals surface area contributed by atoms with Crippen molar-refractivity contribution in [2.75, 3.05) is 44.2 Å². The van der Waals surface area contributed by atoms with E-state index in [4.69, 9.17) is 0 Å². The summed E-state index contributed by atoms with van der Waals surface area (Å²) in [5.74, 6) is 0. The quantitative estimate of drug-likeness (QED) is 0.836. The molecule has 146 valence electrons. The number of nitrogens with one attached hydrogen (secondary N) is 1. The van der Waals surface area contributed by atoms with Gasteiger partial charge in [0.05, 0.1) is 0 Å². The van der Waals surface area contributed by atoms with Crippen LogP contribution in [0.4, 0.5) is 5.69 Å². The van der Waals surface area contributed by atoms with Gasteiger partial charge >= 0.3 is 0 Å². The molecular formula is C21H35N3O2. The second-order valence-corrected chi connectivity index (χ2v) is 8.11. The Kier molecular flexibility index (Phi) is 7.91. The predicted octanol–water partition coefficient (Wildman–Crippen LogP) is 2.96. The summed E-state index contributed by atoms with van der Waals surface area (Å²) in [6.45, 7) is 16.4. The van der Waals surface area contributed by atoms with E-state index >= 15 is 0 Å². The highest BCUT2D eigenvalue weighted by atomic mass is 16.5. The van der Waals surface area contributed by atoms with Crippen LogP contribution in [0.5, 0.6) is 0 Å². The maximum atomic E-state index is 9.60. The van der Waals surface area contributed by atoms with E-state index in [0.29, 0.717) is 6.47 Å². The Balaban J connectivity index is 0.000000298. The molecule has 1 aromatic rings. The molecule has 0 bridgehead atoms. The third kappa shape index (κ3) is 6.61. The number of piperazine rings is 1. The molecule has 0 unspecified atom stereocenters. The zero-order valence-electron chi connectivity index (χ0n) is 16.9. The van der Waals surface area contributed by atoms with Crippen molar-refractivity contribution in [3.8, 4) is 0 Å². The number of hydrogen-bond donors (Lipinski definition) is 1. The van der Waals surface area contributed by atoms with Gasteiger partial charge in [-0.1, -0.05) is 12.1 Å². The van der Waals surface area contributed by atoms with Crippen molar-refractivity contribution in [2.24, 2.45) is 0 Å². The van der Waals surface area contributed by atoms with Gasteiger partial charge in [0.25, 0.3) is 6.47 Å². The van der Waals surface area contributed by atoms with E-state index in [-0.39, 0.29) is 5.60 Å². The van der Waals surface area contributed by atoms with Gasteiger partial charge in [-0.05, 0) is 57.7 Å². The SMILES string of the molecule is CC(C)(C)OC=O.Cc1c(CN2CCNCC2)cccc1N1CCCC1. The first-order chi connectivity index (χ1) is 12.4. The Hall–Kier alpha value is -1.59. The molecule has 0 spiro atoms. The van der Waals surface area contributed by atoms with Crippen molar-refractivity contribution < 1.29 is 9.53 Å². The van der Waals surface area contributed by atoms with E-state index in [2.05, 4.69) is 45.0 Å². The molecule has 2 aliphatic heterocycles. The standard InChI is InChI=1S/C16H25N3.C5H10O2/c1-14-15(13-18-11-7-17-8-12-18)5-4-6-16(14)19-9-2-3-10-19;1-5(2,3)7-4-6/h4-6,17H,2-3,7-13H2,1H3;4H,1-3H3. The Morgan fingerprint density at radius 2 is 1.77 bits per heavy atom. The summed E-state index contributed by atoms with van der Waals surface area (Å²) in [5.41, 5.74) is 4.14. The highest BCUT2D eigenvalue weighted by molar-refractivity contribution is 5.56. The van der Waals surface area contributed by atoms with Crippen molar-refractivity contribution in [2.45, 2.75) is 52.7 Å². The van der Waals surface area contributed by atoms with E-state index in [1.165, 1.54) is 55.8 Å². The van der Waals surface area contributed by atoms with Crippen LogP contribution in [0.25, 0.3) is 0 Å². The van der Waals surface area contributed by atoms with Gasteiger partial charge in [-0.15, -0.1) is 0 Å². The molecule has 26 heavy (non-hydrogen) atoms. The minimum absolute atomic E-state index is 0.318. The number of ether oxygens (including phenoxy) is 1. The first-order valence-electron chi connectivity index (χ1n) is 9.78. The summed E-state index contributed by atoms with van der Waals surface area (Å²) in [5, 5.41) is 3.42. The van der Waals surface area contributed by atoms with Gasteiger partial charge in [-0.25, -0.2) is 0 Å². The lowest BCUT2D eigenvalue weighted by atomic mass is 10.0. The Morgan fingerprint density at radius 3 is 2.31 bits per heavy atom. The summed E-state index contributed by atoms with van der Waals surface area (Å²) >= 11 is 0. The van der Waals surface area contributed by atoms with Crippen LogP contribution in [0, 0.1) is 6.92 Å². The van der Waals surface area contributed by atoms with E-state index in [1.54, 1.807) is 0 Å². The van der Waals surface area contributed by atoms with Gasteiger partial charge in [0, 0.05) is 51.5 Å². The largest absolute Gasteiger partial charge is 0.462 e. The molecule has 2 heterocycles. The third-order valence-electron chi connectivity index (χ3n) is 4.87. The molecule has 5 heteroatoms. The Labute approximate surface area is 158 Å². The molecule has 5 nitrogen and oxygen atoms in total. The van der Waals surface area contributed by atoms with Crippen molar-refractivity contribution in [1.29, 1.82) is 0 Å². The summed E-state index contributed by atoms with van der Waals surface area (Å²) in [4.78, 5) is 14.7. The molecule has 0 amide bonds. The number of benzene rings is 1. The lowest BCUT2D eigenvalue weighted by molar-refractivity contribution is -0.138. The van der Waals surface area contributed by atoms with Crippen molar-refractivity contribution >= 4 is 12.2 Å². The van der Waals surface area contributed by atoms with Crippen molar-refractivity contribution in [1.82, 2.24) is 10.2 Å². The summed E-state index contributed by atoms with van der Waals surface area (Å²) < 4.78 is 4.55. The molecule has 0 atom stereocenters. The number of carbonyl (C=O) groups excluding carboxylic acids is 1. The van der Waals surface area contributed by atoms with E-state index in [1.807, 2.05) is 20.8 Å². The number of rotatable bonds is 4. The second-order valence-electron chi connectivity index (χ2n) is 8.11. The van der Waals surface area contributed by atoms with Gasteiger partial charge < -0.3 is 15.0 Å². The van der Waals surface area contributed by atoms with Crippen LogP contribution in [-0.2, 0) is 16.1 Å². The smallest absolute Gasteiger partial charge is 0.293 e. The molecule has 2 aliphatic rings. The molecule has 2 saturated heterocycles. The molecular weight excluding hydrogens is 326 g/mol. The maximum absolute atomic E-state index is 9.60. The lowest BCUT2D eigenvalue weighted by Crippen LogP contribution is -2.43. The third-order valence-corrected chi connectivity index (χ3v) is 4.87. The zero-order chi connectivity index (χ0) is 19.0. The number of nitrogens with zero attached hydrogens (tertiary/aromatic N) is 2. The molecule has 0 radical (unpaired) electrons. The van der Waals surface area contributed by atoms with Crippen LogP contribution < -0.4 is 10.2 Å². The highest BCUT2D eigenvalue weighted by Crippen LogP contribution is 2.27. The number of carbonyl (C=O) groups is 1. The fraction of sp³-hybridized carbons (Fsp3) is 0.667. The van der Waals surface area contributed by atoms with Crippen molar-refractivity contribution in [3.05, 3.63) is 29.3 Å². The van der Waals surface area contributed by atoms with E-state index < -0.39 is 0 Å². The Bertz CT molecular complexity index is 557. The van der Waals surface area contributed by atoms with Crippen LogP contribution in [0.3, 0.4) is 0 Å². The van der Waals surface area contributed by atoms with Gasteiger partial charge in [-0.3, -0.25) is 9.69 Å². The second kappa shape index (κ2) is 9.93. The van der Waals surface area contributed by atoms with Crippen molar-refractivity contribution in [3.63, 3.8) is 0 Å². The topological polar surface area (TPSA) is 44.8 Å². The lowest BCUT2D eigenvalue weighted by Gasteiger charge is -2.29. The van der Waals surface area contributed by atoms with Crippen LogP contribution in [0.2, 0.25) is 0 Å². The fourth-order valence-electron chi connectivity index (χ4n) is 3.40. The van der Waals surface area contributed by atoms with Gasteiger partial charge in [0.15, 0.2) is 0 Å². The minimum Gasteiger partial charge on any atom is -0.462 e. The molecule has 1 N–H and O–H groups in total. The normalized spacial score (nSPS) is 18.2. The molecule has 0 aliphatic carbocycles. The molecule has 0 aromatic heterocycles. The molecule has 0 saturated carbocycles. The maximum Gasteiger partial charge on any atom is 0.293 e.